The monoisotopic (exact) mass is 506 g/mol. The van der Waals surface area contributed by atoms with E-state index in [1.807, 2.05) is 0 Å². The number of benzene rings is 2. The number of ether oxygens (including phenoxy) is 1. The fraction of sp³-hybridized carbons (Fsp3) is 0.292. The highest BCUT2D eigenvalue weighted by Crippen LogP contribution is 2.34. The average molecular weight is 507 g/mol. The molecule has 0 bridgehead atoms. The van der Waals surface area contributed by atoms with Gasteiger partial charge in [-0.2, -0.15) is 4.31 Å². The number of carbonyl (C=O) groups is 1. The Kier molecular flexibility index (Phi) is 6.71. The Morgan fingerprint density at radius 3 is 2.62 bits per heavy atom. The molecule has 3 aromatic rings. The van der Waals surface area contributed by atoms with Crippen LogP contribution < -0.4 is 4.74 Å². The third kappa shape index (κ3) is 4.82. The van der Waals surface area contributed by atoms with Gasteiger partial charge >= 0.3 is 5.97 Å². The van der Waals surface area contributed by atoms with E-state index >= 15 is 0 Å². The Bertz CT molecular complexity index is 1400. The molecule has 4 rings (SSSR count). The molecule has 1 N–H and O–H groups in total. The van der Waals surface area contributed by atoms with Gasteiger partial charge in [-0.15, -0.1) is 0 Å². The van der Waals surface area contributed by atoms with Crippen molar-refractivity contribution in [3.05, 3.63) is 65.1 Å². The van der Waals surface area contributed by atoms with E-state index in [1.54, 1.807) is 48.9 Å². The van der Waals surface area contributed by atoms with Gasteiger partial charge in [-0.1, -0.05) is 17.7 Å². The maximum absolute atomic E-state index is 14.4. The Labute approximate surface area is 202 Å². The van der Waals surface area contributed by atoms with Gasteiger partial charge in [0, 0.05) is 40.8 Å². The van der Waals surface area contributed by atoms with Crippen LogP contribution in [0.2, 0.25) is 5.02 Å². The van der Waals surface area contributed by atoms with E-state index in [2.05, 4.69) is 0 Å². The summed E-state index contributed by atoms with van der Waals surface area (Å²) in [5, 5.41) is 10.6. The van der Waals surface area contributed by atoms with Crippen LogP contribution >= 0.6 is 11.6 Å². The van der Waals surface area contributed by atoms with Crippen LogP contribution in [0.5, 0.6) is 5.75 Å². The van der Waals surface area contributed by atoms with Gasteiger partial charge in [-0.3, -0.25) is 4.79 Å². The summed E-state index contributed by atoms with van der Waals surface area (Å²) in [7, 11) is -3.91. The fourth-order valence-corrected chi connectivity index (χ4v) is 5.62. The number of sulfonamides is 1. The van der Waals surface area contributed by atoms with Crippen LogP contribution in [0.15, 0.2) is 53.6 Å². The number of aliphatic carboxylic acids is 1. The van der Waals surface area contributed by atoms with Crippen LogP contribution in [0.3, 0.4) is 0 Å². The summed E-state index contributed by atoms with van der Waals surface area (Å²) in [6.45, 7) is 3.62. The van der Waals surface area contributed by atoms with Crippen molar-refractivity contribution in [2.45, 2.75) is 37.8 Å². The summed E-state index contributed by atoms with van der Waals surface area (Å²) in [4.78, 5) is 11.1. The Hall–Kier alpha value is -2.88. The molecular formula is C24H24ClFN2O5S. The summed E-state index contributed by atoms with van der Waals surface area (Å²) in [6.07, 6.45) is 3.73. The molecule has 180 valence electrons. The highest BCUT2D eigenvalue weighted by atomic mass is 35.5. The first kappa shape index (κ1) is 24.3. The minimum atomic E-state index is -3.91. The highest BCUT2D eigenvalue weighted by Gasteiger charge is 2.28. The third-order valence-corrected chi connectivity index (χ3v) is 7.67. The quantitative estimate of drug-likeness (QED) is 0.498. The first-order valence-corrected chi connectivity index (χ1v) is 12.5. The molecule has 1 aliphatic rings. The van der Waals surface area contributed by atoms with Crippen LogP contribution in [-0.4, -0.2) is 47.6 Å². The molecule has 0 radical (unpaired) electrons. The largest absolute Gasteiger partial charge is 0.488 e. The predicted octanol–water partition coefficient (Wildman–Crippen LogP) is 4.78. The predicted molar refractivity (Wildman–Crippen MR) is 128 cm³/mol. The van der Waals surface area contributed by atoms with Crippen molar-refractivity contribution in [3.63, 3.8) is 0 Å². The number of carboxylic acid groups (broad SMARTS) is 1. The van der Waals surface area contributed by atoms with Crippen molar-refractivity contribution < 1.29 is 27.4 Å². The van der Waals surface area contributed by atoms with Crippen molar-refractivity contribution in [2.75, 3.05) is 13.1 Å². The summed E-state index contributed by atoms with van der Waals surface area (Å²) in [5.41, 5.74) is 2.45. The van der Waals surface area contributed by atoms with Gasteiger partial charge in [0.25, 0.3) is 0 Å². The highest BCUT2D eigenvalue weighted by molar-refractivity contribution is 7.89. The molecule has 0 atom stereocenters. The van der Waals surface area contributed by atoms with Crippen molar-refractivity contribution in [1.82, 2.24) is 8.87 Å². The fourth-order valence-electron chi connectivity index (χ4n) is 4.06. The lowest BCUT2D eigenvalue weighted by Gasteiger charge is -2.26. The average Bonchev–Trinajstić information content (AvgIpc) is 3.11. The zero-order valence-corrected chi connectivity index (χ0v) is 20.2. The van der Waals surface area contributed by atoms with Gasteiger partial charge in [-0.05, 0) is 62.2 Å². The zero-order chi connectivity index (χ0) is 24.6. The molecule has 0 spiro atoms. The van der Waals surface area contributed by atoms with E-state index in [-0.39, 0.29) is 36.4 Å². The van der Waals surface area contributed by atoms with Gasteiger partial charge in [0.1, 0.15) is 6.54 Å². The Balaban J connectivity index is 1.61. The van der Waals surface area contributed by atoms with Crippen LogP contribution in [-0.2, 0) is 21.4 Å². The van der Waals surface area contributed by atoms with E-state index in [0.717, 1.165) is 28.1 Å². The SMILES string of the molecule is CC(C)Oc1ccc(S(=O)(=O)N2CC=C(c3cn(CC(=O)O)c4ccc(Cl)cc34)CC2)cc1F. The Morgan fingerprint density at radius 2 is 2.00 bits per heavy atom. The molecule has 0 unspecified atom stereocenters. The van der Waals surface area contributed by atoms with E-state index < -0.39 is 21.8 Å². The van der Waals surface area contributed by atoms with Gasteiger partial charge in [0.05, 0.1) is 11.0 Å². The van der Waals surface area contributed by atoms with Gasteiger partial charge in [0.15, 0.2) is 11.6 Å². The molecule has 10 heteroatoms. The maximum Gasteiger partial charge on any atom is 0.323 e. The van der Waals surface area contributed by atoms with Crippen molar-refractivity contribution in [2.24, 2.45) is 0 Å². The molecule has 1 aromatic heterocycles. The summed E-state index contributed by atoms with van der Waals surface area (Å²) in [6, 6.07) is 8.90. The standard InChI is InChI=1S/C24H24ClFN2O5S/c1-15(2)33-23-6-4-18(12-21(23)26)34(31,32)28-9-7-16(8-10-28)20-13-27(14-24(29)30)22-5-3-17(25)11-19(20)22/h3-7,11-13,15H,8-10,14H2,1-2H3,(H,29,30). The maximum atomic E-state index is 14.4. The molecule has 34 heavy (non-hydrogen) atoms. The van der Waals surface area contributed by atoms with Crippen LogP contribution in [0.25, 0.3) is 16.5 Å². The van der Waals surface area contributed by atoms with Crippen molar-refractivity contribution in [3.8, 4) is 5.75 Å². The molecule has 2 heterocycles. The minimum absolute atomic E-state index is 0.00573. The molecule has 2 aromatic carbocycles. The second-order valence-corrected chi connectivity index (χ2v) is 10.7. The number of hydrogen-bond acceptors (Lipinski definition) is 4. The molecule has 0 amide bonds. The van der Waals surface area contributed by atoms with E-state index in [0.29, 0.717) is 11.4 Å². The van der Waals surface area contributed by atoms with E-state index in [4.69, 9.17) is 16.3 Å². The lowest BCUT2D eigenvalue weighted by atomic mass is 10.00. The molecule has 0 saturated carbocycles. The van der Waals surface area contributed by atoms with Crippen molar-refractivity contribution >= 4 is 44.1 Å². The third-order valence-electron chi connectivity index (χ3n) is 5.57. The van der Waals surface area contributed by atoms with E-state index in [9.17, 15) is 22.7 Å². The second-order valence-electron chi connectivity index (χ2n) is 8.33. The number of nitrogens with zero attached hydrogens (tertiary/aromatic N) is 2. The number of carboxylic acids is 1. The second kappa shape index (κ2) is 9.40. The van der Waals surface area contributed by atoms with Gasteiger partial charge < -0.3 is 14.4 Å². The molecule has 0 saturated heterocycles. The minimum Gasteiger partial charge on any atom is -0.488 e. The normalized spacial score (nSPS) is 15.0. The number of rotatable bonds is 7. The molecule has 0 fully saturated rings. The van der Waals surface area contributed by atoms with Crippen molar-refractivity contribution in [1.29, 1.82) is 0 Å². The van der Waals surface area contributed by atoms with Crippen LogP contribution in [0.4, 0.5) is 4.39 Å². The summed E-state index contributed by atoms with van der Waals surface area (Å²) < 4.78 is 48.9. The number of hydrogen-bond donors (Lipinski definition) is 1. The topological polar surface area (TPSA) is 88.8 Å². The summed E-state index contributed by atoms with van der Waals surface area (Å²) in [5.74, 6) is -1.69. The lowest BCUT2D eigenvalue weighted by molar-refractivity contribution is -0.137. The molecular weight excluding hydrogens is 483 g/mol. The first-order valence-electron chi connectivity index (χ1n) is 10.7. The number of halogens is 2. The Morgan fingerprint density at radius 1 is 1.24 bits per heavy atom. The van der Waals surface area contributed by atoms with Crippen LogP contribution in [0, 0.1) is 5.82 Å². The van der Waals surface area contributed by atoms with Crippen LogP contribution in [0.1, 0.15) is 25.8 Å². The first-order chi connectivity index (χ1) is 16.1. The molecule has 7 nitrogen and oxygen atoms in total. The smallest absolute Gasteiger partial charge is 0.323 e. The van der Waals surface area contributed by atoms with Gasteiger partial charge in [0.2, 0.25) is 10.0 Å². The molecule has 1 aliphatic heterocycles. The van der Waals surface area contributed by atoms with E-state index in [1.165, 1.54) is 16.4 Å². The number of fused-ring (bicyclic) bond motifs is 1. The zero-order valence-electron chi connectivity index (χ0n) is 18.7. The van der Waals surface area contributed by atoms with Gasteiger partial charge in [-0.25, -0.2) is 12.8 Å². The lowest BCUT2D eigenvalue weighted by Crippen LogP contribution is -2.34. The number of aromatic nitrogens is 1. The summed E-state index contributed by atoms with van der Waals surface area (Å²) >= 11 is 6.17. The molecule has 0 aliphatic carbocycles.